The van der Waals surface area contributed by atoms with Gasteiger partial charge in [-0.25, -0.2) is 14.2 Å². The summed E-state index contributed by atoms with van der Waals surface area (Å²) in [6.07, 6.45) is -1.44. The number of carbonyl (C=O) groups is 2. The third kappa shape index (κ3) is 5.97. The minimum Gasteiger partial charge on any atom is -0.478 e. The van der Waals surface area contributed by atoms with Gasteiger partial charge in [0.15, 0.2) is 0 Å². The number of rotatable bonds is 7. The van der Waals surface area contributed by atoms with Crippen LogP contribution in [0.1, 0.15) is 51.4 Å². The summed E-state index contributed by atoms with van der Waals surface area (Å²) in [5.74, 6) is -2.72. The van der Waals surface area contributed by atoms with E-state index in [0.717, 1.165) is 23.9 Å². The first-order chi connectivity index (χ1) is 15.4. The van der Waals surface area contributed by atoms with Crippen LogP contribution in [0.15, 0.2) is 48.8 Å². The van der Waals surface area contributed by atoms with Crippen LogP contribution in [0.4, 0.5) is 23.4 Å². The van der Waals surface area contributed by atoms with Gasteiger partial charge in [-0.15, -0.1) is 0 Å². The maximum atomic E-state index is 13.6. The fraction of sp³-hybridized carbons (Fsp3) is 0.261. The fourth-order valence-electron chi connectivity index (χ4n) is 3.33. The SMILES string of the molecule is CC(C)Cc1cc(C(=O)Nc2ccc(C(=O)O)cn2)n(Cc2ccc(F)c(C(F)(F)F)c2)c1. The molecular formula is C23H21F4N3O3. The third-order valence-electron chi connectivity index (χ3n) is 4.77. The molecule has 0 bridgehead atoms. The van der Waals surface area contributed by atoms with Crippen molar-refractivity contribution in [2.45, 2.75) is 33.0 Å². The van der Waals surface area contributed by atoms with Crippen LogP contribution >= 0.6 is 0 Å². The molecule has 3 aromatic rings. The summed E-state index contributed by atoms with van der Waals surface area (Å²) in [5, 5.41) is 11.5. The van der Waals surface area contributed by atoms with Crippen LogP contribution in [0, 0.1) is 11.7 Å². The lowest BCUT2D eigenvalue weighted by molar-refractivity contribution is -0.140. The number of amides is 1. The van der Waals surface area contributed by atoms with Gasteiger partial charge < -0.3 is 15.0 Å². The molecule has 3 rings (SSSR count). The van der Waals surface area contributed by atoms with E-state index in [2.05, 4.69) is 10.3 Å². The maximum Gasteiger partial charge on any atom is 0.419 e. The van der Waals surface area contributed by atoms with Gasteiger partial charge in [0.25, 0.3) is 5.91 Å². The Hall–Kier alpha value is -3.69. The first-order valence-corrected chi connectivity index (χ1v) is 9.99. The maximum absolute atomic E-state index is 13.6. The van der Waals surface area contributed by atoms with Crippen molar-refractivity contribution in [1.82, 2.24) is 9.55 Å². The van der Waals surface area contributed by atoms with Gasteiger partial charge >= 0.3 is 12.1 Å². The number of hydrogen-bond acceptors (Lipinski definition) is 3. The van der Waals surface area contributed by atoms with Crippen molar-refractivity contribution in [2.75, 3.05) is 5.32 Å². The van der Waals surface area contributed by atoms with Crippen LogP contribution in [0.3, 0.4) is 0 Å². The molecule has 1 amide bonds. The Kier molecular flexibility index (Phi) is 6.85. The predicted octanol–water partition coefficient (Wildman–Crippen LogP) is 5.24. The number of aromatic carboxylic acids is 1. The van der Waals surface area contributed by atoms with Crippen molar-refractivity contribution in [3.8, 4) is 0 Å². The zero-order valence-corrected chi connectivity index (χ0v) is 17.8. The molecule has 0 aliphatic heterocycles. The van der Waals surface area contributed by atoms with Crippen LogP contribution in [0.5, 0.6) is 0 Å². The molecule has 0 atom stereocenters. The molecule has 0 fully saturated rings. The summed E-state index contributed by atoms with van der Waals surface area (Å²) in [6, 6.07) is 6.97. The molecule has 2 heterocycles. The molecule has 0 spiro atoms. The van der Waals surface area contributed by atoms with Crippen molar-refractivity contribution in [3.63, 3.8) is 0 Å². The number of hydrogen-bond donors (Lipinski definition) is 2. The largest absolute Gasteiger partial charge is 0.478 e. The number of carboxylic acids is 1. The normalized spacial score (nSPS) is 11.6. The number of aromatic nitrogens is 2. The highest BCUT2D eigenvalue weighted by molar-refractivity contribution is 6.03. The third-order valence-corrected chi connectivity index (χ3v) is 4.77. The van der Waals surface area contributed by atoms with Crippen LogP contribution in [-0.4, -0.2) is 26.5 Å². The van der Waals surface area contributed by atoms with E-state index in [1.54, 1.807) is 12.3 Å². The Labute approximate surface area is 186 Å². The molecule has 2 aromatic heterocycles. The van der Waals surface area contributed by atoms with Crippen molar-refractivity contribution in [2.24, 2.45) is 5.92 Å². The van der Waals surface area contributed by atoms with Crippen LogP contribution < -0.4 is 5.32 Å². The number of anilines is 1. The van der Waals surface area contributed by atoms with Crippen LogP contribution in [0.25, 0.3) is 0 Å². The molecule has 10 heteroatoms. The van der Waals surface area contributed by atoms with Gasteiger partial charge in [-0.1, -0.05) is 19.9 Å². The number of carboxylic acid groups (broad SMARTS) is 1. The Balaban J connectivity index is 1.91. The Morgan fingerprint density at radius 1 is 1.12 bits per heavy atom. The summed E-state index contributed by atoms with van der Waals surface area (Å²) < 4.78 is 54.4. The molecule has 33 heavy (non-hydrogen) atoms. The second-order valence-corrected chi connectivity index (χ2v) is 7.96. The lowest BCUT2D eigenvalue weighted by Crippen LogP contribution is -2.18. The highest BCUT2D eigenvalue weighted by Gasteiger charge is 2.34. The Morgan fingerprint density at radius 3 is 2.42 bits per heavy atom. The van der Waals surface area contributed by atoms with Gasteiger partial charge in [0.05, 0.1) is 11.1 Å². The molecule has 0 radical (unpaired) electrons. The lowest BCUT2D eigenvalue weighted by atomic mass is 10.1. The number of alkyl halides is 3. The van der Waals surface area contributed by atoms with Gasteiger partial charge in [-0.3, -0.25) is 4.79 Å². The van der Waals surface area contributed by atoms with E-state index >= 15 is 0 Å². The second-order valence-electron chi connectivity index (χ2n) is 7.96. The molecule has 174 valence electrons. The number of halogens is 4. The highest BCUT2D eigenvalue weighted by Crippen LogP contribution is 2.32. The number of nitrogens with zero attached hydrogens (tertiary/aromatic N) is 2. The summed E-state index contributed by atoms with van der Waals surface area (Å²) in [4.78, 5) is 27.7. The molecule has 6 nitrogen and oxygen atoms in total. The number of pyridine rings is 1. The van der Waals surface area contributed by atoms with E-state index in [1.165, 1.54) is 22.8 Å². The molecule has 2 N–H and O–H groups in total. The number of nitrogens with one attached hydrogen (secondary N) is 1. The average Bonchev–Trinajstić information content (AvgIpc) is 3.10. The minimum absolute atomic E-state index is 0.0487. The molecule has 0 saturated heterocycles. The standard InChI is InChI=1S/C23H21F4N3O3/c1-13(2)7-15-9-19(21(31)29-20-6-4-16(10-28-20)22(32)33)30(12-15)11-14-3-5-18(24)17(8-14)23(25,26)27/h3-6,8-10,12-13H,7,11H2,1-2H3,(H,32,33)(H,28,29,31). The average molecular weight is 463 g/mol. The van der Waals surface area contributed by atoms with Gasteiger partial charge in [0, 0.05) is 18.9 Å². The number of benzene rings is 1. The highest BCUT2D eigenvalue weighted by atomic mass is 19.4. The topological polar surface area (TPSA) is 84.2 Å². The van der Waals surface area contributed by atoms with Gasteiger partial charge in [-0.05, 0) is 53.8 Å². The van der Waals surface area contributed by atoms with E-state index in [-0.39, 0.29) is 35.1 Å². The summed E-state index contributed by atoms with van der Waals surface area (Å²) >= 11 is 0. The molecule has 0 aliphatic carbocycles. The van der Waals surface area contributed by atoms with Crippen molar-refractivity contribution in [3.05, 3.63) is 82.6 Å². The van der Waals surface area contributed by atoms with Crippen molar-refractivity contribution >= 4 is 17.7 Å². The van der Waals surface area contributed by atoms with Crippen molar-refractivity contribution in [1.29, 1.82) is 0 Å². The summed E-state index contributed by atoms with van der Waals surface area (Å²) in [5.41, 5.74) is -0.265. The van der Waals surface area contributed by atoms with Gasteiger partial charge in [0.1, 0.15) is 17.3 Å². The summed E-state index contributed by atoms with van der Waals surface area (Å²) in [6.45, 7) is 3.89. The van der Waals surface area contributed by atoms with E-state index in [1.807, 2.05) is 13.8 Å². The van der Waals surface area contributed by atoms with Crippen molar-refractivity contribution < 1.29 is 32.3 Å². The molecule has 0 saturated carbocycles. The van der Waals surface area contributed by atoms with E-state index in [9.17, 15) is 27.2 Å². The van der Waals surface area contributed by atoms with Crippen LogP contribution in [-0.2, 0) is 19.1 Å². The molecule has 0 unspecified atom stereocenters. The van der Waals surface area contributed by atoms with Gasteiger partial charge in [-0.2, -0.15) is 13.2 Å². The lowest BCUT2D eigenvalue weighted by Gasteiger charge is -2.13. The minimum atomic E-state index is -4.84. The van der Waals surface area contributed by atoms with E-state index in [4.69, 9.17) is 5.11 Å². The molecule has 0 aliphatic rings. The quantitative estimate of drug-likeness (QED) is 0.470. The summed E-state index contributed by atoms with van der Waals surface area (Å²) in [7, 11) is 0. The first kappa shape index (κ1) is 24.0. The second kappa shape index (κ2) is 9.43. The zero-order valence-electron chi connectivity index (χ0n) is 17.8. The van der Waals surface area contributed by atoms with E-state index < -0.39 is 29.4 Å². The molecule has 1 aromatic carbocycles. The monoisotopic (exact) mass is 463 g/mol. The van der Waals surface area contributed by atoms with Crippen LogP contribution in [0.2, 0.25) is 0 Å². The number of carbonyl (C=O) groups excluding carboxylic acids is 1. The first-order valence-electron chi connectivity index (χ1n) is 9.99. The van der Waals surface area contributed by atoms with Gasteiger partial charge in [0.2, 0.25) is 0 Å². The smallest absolute Gasteiger partial charge is 0.419 e. The molecular weight excluding hydrogens is 442 g/mol. The Morgan fingerprint density at radius 2 is 1.85 bits per heavy atom. The fourth-order valence-corrected chi connectivity index (χ4v) is 3.33. The van der Waals surface area contributed by atoms with E-state index in [0.29, 0.717) is 6.42 Å². The Bertz CT molecular complexity index is 1170. The zero-order chi connectivity index (χ0) is 24.3. The predicted molar refractivity (Wildman–Crippen MR) is 113 cm³/mol.